The summed E-state index contributed by atoms with van der Waals surface area (Å²) in [5.41, 5.74) is 4.98. The maximum Gasteiger partial charge on any atom is 0.127 e. The lowest BCUT2D eigenvalue weighted by Gasteiger charge is -2.29. The van der Waals surface area contributed by atoms with Gasteiger partial charge < -0.3 is 14.8 Å². The molecule has 3 heteroatoms. The Kier molecular flexibility index (Phi) is 4.34. The molecule has 0 aromatic heterocycles. The number of para-hydroxylation sites is 1. The first kappa shape index (κ1) is 14.9. The zero-order valence-corrected chi connectivity index (χ0v) is 13.5. The van der Waals surface area contributed by atoms with E-state index in [1.165, 1.54) is 22.3 Å². The average Bonchev–Trinajstić information content (AvgIpc) is 2.56. The van der Waals surface area contributed by atoms with Crippen molar-refractivity contribution in [1.29, 1.82) is 0 Å². The SMILES string of the molecule is COc1ccccc1CNC1CCOc2c1ccc(C)c2C. The fourth-order valence-corrected chi connectivity index (χ4v) is 3.01. The first-order valence-electron chi connectivity index (χ1n) is 7.79. The Morgan fingerprint density at radius 3 is 2.82 bits per heavy atom. The molecule has 3 nitrogen and oxygen atoms in total. The van der Waals surface area contributed by atoms with Crippen LogP contribution >= 0.6 is 0 Å². The highest BCUT2D eigenvalue weighted by molar-refractivity contribution is 5.48. The maximum atomic E-state index is 5.90. The molecule has 1 N–H and O–H groups in total. The molecule has 2 aromatic carbocycles. The van der Waals surface area contributed by atoms with Gasteiger partial charge in [-0.1, -0.05) is 30.3 Å². The van der Waals surface area contributed by atoms with E-state index in [1.54, 1.807) is 7.11 Å². The van der Waals surface area contributed by atoms with E-state index in [4.69, 9.17) is 9.47 Å². The van der Waals surface area contributed by atoms with Gasteiger partial charge in [-0.3, -0.25) is 0 Å². The molecular weight excluding hydrogens is 274 g/mol. The zero-order chi connectivity index (χ0) is 15.5. The number of hydrogen-bond acceptors (Lipinski definition) is 3. The van der Waals surface area contributed by atoms with Crippen LogP contribution in [0.25, 0.3) is 0 Å². The summed E-state index contributed by atoms with van der Waals surface area (Å²) >= 11 is 0. The highest BCUT2D eigenvalue weighted by atomic mass is 16.5. The second kappa shape index (κ2) is 6.41. The third-order valence-corrected chi connectivity index (χ3v) is 4.47. The van der Waals surface area contributed by atoms with Gasteiger partial charge in [0.25, 0.3) is 0 Å². The number of nitrogens with one attached hydrogen (secondary N) is 1. The summed E-state index contributed by atoms with van der Waals surface area (Å²) in [6.45, 7) is 5.82. The molecular formula is C19H23NO2. The molecule has 0 bridgehead atoms. The molecule has 0 saturated heterocycles. The Morgan fingerprint density at radius 2 is 2.00 bits per heavy atom. The molecule has 2 aromatic rings. The van der Waals surface area contributed by atoms with E-state index in [2.05, 4.69) is 37.4 Å². The van der Waals surface area contributed by atoms with Gasteiger partial charge in [0.1, 0.15) is 11.5 Å². The lowest BCUT2D eigenvalue weighted by molar-refractivity contribution is 0.250. The number of ether oxygens (including phenoxy) is 2. The largest absolute Gasteiger partial charge is 0.496 e. The second-order valence-electron chi connectivity index (χ2n) is 5.81. The van der Waals surface area contributed by atoms with Crippen molar-refractivity contribution in [3.63, 3.8) is 0 Å². The van der Waals surface area contributed by atoms with Crippen LogP contribution in [0.3, 0.4) is 0 Å². The van der Waals surface area contributed by atoms with Crippen molar-refractivity contribution >= 4 is 0 Å². The highest BCUT2D eigenvalue weighted by Crippen LogP contribution is 2.36. The van der Waals surface area contributed by atoms with Crippen LogP contribution in [0.2, 0.25) is 0 Å². The summed E-state index contributed by atoms with van der Waals surface area (Å²) < 4.78 is 11.3. The van der Waals surface area contributed by atoms with Gasteiger partial charge in [-0.05, 0) is 31.0 Å². The molecule has 0 saturated carbocycles. The molecule has 1 heterocycles. The van der Waals surface area contributed by atoms with Crippen molar-refractivity contribution in [2.75, 3.05) is 13.7 Å². The van der Waals surface area contributed by atoms with Gasteiger partial charge in [-0.25, -0.2) is 0 Å². The van der Waals surface area contributed by atoms with E-state index in [-0.39, 0.29) is 0 Å². The Balaban J connectivity index is 1.79. The third kappa shape index (κ3) is 2.81. The minimum absolute atomic E-state index is 0.327. The lowest BCUT2D eigenvalue weighted by Crippen LogP contribution is -2.27. The first-order chi connectivity index (χ1) is 10.7. The smallest absolute Gasteiger partial charge is 0.127 e. The van der Waals surface area contributed by atoms with Crippen LogP contribution in [-0.4, -0.2) is 13.7 Å². The van der Waals surface area contributed by atoms with E-state index >= 15 is 0 Å². The van der Waals surface area contributed by atoms with Crippen LogP contribution in [0.15, 0.2) is 36.4 Å². The molecule has 116 valence electrons. The number of aryl methyl sites for hydroxylation is 1. The minimum Gasteiger partial charge on any atom is -0.496 e. The zero-order valence-electron chi connectivity index (χ0n) is 13.5. The molecule has 1 aliphatic heterocycles. The molecule has 0 spiro atoms. The summed E-state index contributed by atoms with van der Waals surface area (Å²) in [5.74, 6) is 1.99. The van der Waals surface area contributed by atoms with Gasteiger partial charge in [0.2, 0.25) is 0 Å². The highest BCUT2D eigenvalue weighted by Gasteiger charge is 2.23. The third-order valence-electron chi connectivity index (χ3n) is 4.47. The normalized spacial score (nSPS) is 16.8. The quantitative estimate of drug-likeness (QED) is 0.927. The van der Waals surface area contributed by atoms with Gasteiger partial charge in [0, 0.05) is 30.1 Å². The van der Waals surface area contributed by atoms with Crippen molar-refractivity contribution in [3.8, 4) is 11.5 Å². The van der Waals surface area contributed by atoms with Gasteiger partial charge in [-0.15, -0.1) is 0 Å². The Hall–Kier alpha value is -2.00. The van der Waals surface area contributed by atoms with E-state index in [0.29, 0.717) is 6.04 Å². The van der Waals surface area contributed by atoms with Crippen molar-refractivity contribution in [2.24, 2.45) is 0 Å². The van der Waals surface area contributed by atoms with Gasteiger partial charge >= 0.3 is 0 Å². The van der Waals surface area contributed by atoms with Gasteiger partial charge in [0.15, 0.2) is 0 Å². The minimum atomic E-state index is 0.327. The van der Waals surface area contributed by atoms with Crippen molar-refractivity contribution in [3.05, 3.63) is 58.7 Å². The lowest BCUT2D eigenvalue weighted by atomic mass is 9.95. The monoisotopic (exact) mass is 297 g/mol. The summed E-state index contributed by atoms with van der Waals surface area (Å²) in [4.78, 5) is 0. The summed E-state index contributed by atoms with van der Waals surface area (Å²) in [7, 11) is 1.72. The first-order valence-corrected chi connectivity index (χ1v) is 7.79. The Morgan fingerprint density at radius 1 is 1.18 bits per heavy atom. The van der Waals surface area contributed by atoms with Crippen LogP contribution < -0.4 is 14.8 Å². The summed E-state index contributed by atoms with van der Waals surface area (Å²) in [6, 6.07) is 12.9. The summed E-state index contributed by atoms with van der Waals surface area (Å²) in [6.07, 6.45) is 0.991. The number of rotatable bonds is 4. The van der Waals surface area contributed by atoms with Crippen LogP contribution in [0, 0.1) is 13.8 Å². The number of fused-ring (bicyclic) bond motifs is 1. The predicted octanol–water partition coefficient (Wildman–Crippen LogP) is 3.93. The topological polar surface area (TPSA) is 30.5 Å². The molecule has 1 aliphatic rings. The Bertz CT molecular complexity index is 666. The van der Waals surface area contributed by atoms with E-state index in [1.807, 2.05) is 18.2 Å². The van der Waals surface area contributed by atoms with E-state index in [9.17, 15) is 0 Å². The van der Waals surface area contributed by atoms with E-state index in [0.717, 1.165) is 31.1 Å². The molecule has 3 rings (SSSR count). The fraction of sp³-hybridized carbons (Fsp3) is 0.368. The summed E-state index contributed by atoms with van der Waals surface area (Å²) in [5, 5.41) is 3.66. The van der Waals surface area contributed by atoms with Gasteiger partial charge in [-0.2, -0.15) is 0 Å². The average molecular weight is 297 g/mol. The molecule has 1 atom stereocenters. The number of methoxy groups -OCH3 is 1. The van der Waals surface area contributed by atoms with Crippen LogP contribution in [0.1, 0.15) is 34.7 Å². The number of benzene rings is 2. The molecule has 0 fully saturated rings. The standard InChI is InChI=1S/C19H23NO2/c1-13-8-9-16-17(10-11-22-19(16)14(13)2)20-12-15-6-4-5-7-18(15)21-3/h4-9,17,20H,10-12H2,1-3H3. The van der Waals surface area contributed by atoms with Crippen LogP contribution in [-0.2, 0) is 6.54 Å². The number of hydrogen-bond donors (Lipinski definition) is 1. The molecule has 0 aliphatic carbocycles. The van der Waals surface area contributed by atoms with E-state index < -0.39 is 0 Å². The second-order valence-corrected chi connectivity index (χ2v) is 5.81. The van der Waals surface area contributed by atoms with Crippen molar-refractivity contribution < 1.29 is 9.47 Å². The molecule has 0 amide bonds. The molecule has 0 radical (unpaired) electrons. The van der Waals surface area contributed by atoms with Crippen LogP contribution in [0.4, 0.5) is 0 Å². The van der Waals surface area contributed by atoms with Crippen LogP contribution in [0.5, 0.6) is 11.5 Å². The van der Waals surface area contributed by atoms with Crippen molar-refractivity contribution in [2.45, 2.75) is 32.9 Å². The predicted molar refractivity (Wildman–Crippen MR) is 88.6 cm³/mol. The fourth-order valence-electron chi connectivity index (χ4n) is 3.01. The maximum absolute atomic E-state index is 5.90. The van der Waals surface area contributed by atoms with Crippen molar-refractivity contribution in [1.82, 2.24) is 5.32 Å². The molecule has 1 unspecified atom stereocenters. The van der Waals surface area contributed by atoms with Gasteiger partial charge in [0.05, 0.1) is 13.7 Å². The molecule has 22 heavy (non-hydrogen) atoms. The Labute approximate surface area is 132 Å².